The highest BCUT2D eigenvalue weighted by Crippen LogP contribution is 2.56. The largest absolute Gasteiger partial charge is 0.461 e. The minimum absolute atomic E-state index is 0.0117. The first-order chi connectivity index (χ1) is 9.71. The Morgan fingerprint density at radius 2 is 1.71 bits per heavy atom. The summed E-state index contributed by atoms with van der Waals surface area (Å²) in [5, 5.41) is 1.62. The number of hydrogen-bond acceptors (Lipinski definition) is 2. The maximum Gasteiger partial charge on any atom is 0.461 e. The molecule has 1 saturated heterocycles. The number of rotatable bonds is 3. The Morgan fingerprint density at radius 3 is 2.33 bits per heavy atom. The lowest BCUT2D eigenvalue weighted by molar-refractivity contribution is 0.00578. The molecule has 114 valence electrons. The Balaban J connectivity index is 1.64. The molecule has 0 bridgehead atoms. The van der Waals surface area contributed by atoms with E-state index in [1.807, 2.05) is 0 Å². The van der Waals surface area contributed by atoms with Gasteiger partial charge < -0.3 is 9.31 Å². The van der Waals surface area contributed by atoms with E-state index in [0.717, 1.165) is 5.54 Å². The van der Waals surface area contributed by atoms with Gasteiger partial charge in [-0.1, -0.05) is 29.8 Å². The topological polar surface area (TPSA) is 18.5 Å². The molecule has 0 spiro atoms. The van der Waals surface area contributed by atoms with Crippen LogP contribution in [-0.4, -0.2) is 27.8 Å². The smallest absolute Gasteiger partial charge is 0.403 e. The fourth-order valence-corrected chi connectivity index (χ4v) is 5.72. The molecule has 3 rings (SSSR count). The van der Waals surface area contributed by atoms with E-state index in [1.165, 1.54) is 17.5 Å². The zero-order valence-electron chi connectivity index (χ0n) is 14.2. The Labute approximate surface area is 131 Å². The van der Waals surface area contributed by atoms with Gasteiger partial charge in [-0.2, -0.15) is 0 Å². The van der Waals surface area contributed by atoms with Crippen molar-refractivity contribution in [3.63, 3.8) is 0 Å². The van der Waals surface area contributed by atoms with Crippen LogP contribution < -0.4 is 5.19 Å². The van der Waals surface area contributed by atoms with Crippen molar-refractivity contribution < 1.29 is 9.31 Å². The number of hydrogen-bond donors (Lipinski definition) is 0. The van der Waals surface area contributed by atoms with Crippen molar-refractivity contribution in [2.75, 3.05) is 0 Å². The van der Waals surface area contributed by atoms with Crippen molar-refractivity contribution >= 4 is 21.8 Å². The molecule has 0 radical (unpaired) electrons. The summed E-state index contributed by atoms with van der Waals surface area (Å²) in [5.74, 6) is 0.623. The van der Waals surface area contributed by atoms with Gasteiger partial charge in [0.1, 0.15) is 0 Å². The van der Waals surface area contributed by atoms with Crippen LogP contribution in [0.5, 0.6) is 0 Å². The monoisotopic (exact) mass is 302 g/mol. The average molecular weight is 302 g/mol. The summed E-state index contributed by atoms with van der Waals surface area (Å²) in [6, 6.07) is 6.75. The van der Waals surface area contributed by atoms with E-state index >= 15 is 0 Å². The molecule has 1 aliphatic heterocycles. The van der Waals surface area contributed by atoms with E-state index in [-0.39, 0.29) is 27.8 Å². The Kier molecular flexibility index (Phi) is 3.63. The number of aryl methyl sites for hydroxylation is 1. The molecule has 2 fully saturated rings. The molecule has 1 heterocycles. The maximum atomic E-state index is 6.21. The summed E-state index contributed by atoms with van der Waals surface area (Å²) >= 11 is 0. The maximum absolute atomic E-state index is 6.21. The quantitative estimate of drug-likeness (QED) is 0.799. The second-order valence-electron chi connectivity index (χ2n) is 7.85. The van der Waals surface area contributed by atoms with E-state index in [0.29, 0.717) is 5.82 Å². The van der Waals surface area contributed by atoms with Crippen LogP contribution in [0, 0.1) is 13.8 Å². The third-order valence-electron chi connectivity index (χ3n) is 5.80. The molecule has 2 nitrogen and oxygen atoms in total. The molecule has 4 heteroatoms. The van der Waals surface area contributed by atoms with Gasteiger partial charge in [-0.25, -0.2) is 0 Å². The minimum atomic E-state index is -0.229. The van der Waals surface area contributed by atoms with Gasteiger partial charge >= 0.3 is 7.12 Å². The van der Waals surface area contributed by atoms with Gasteiger partial charge in [0, 0.05) is 0 Å². The van der Waals surface area contributed by atoms with Crippen molar-refractivity contribution in [3.8, 4) is 0 Å². The van der Waals surface area contributed by atoms with Crippen molar-refractivity contribution in [1.29, 1.82) is 0 Å². The van der Waals surface area contributed by atoms with Crippen molar-refractivity contribution in [1.82, 2.24) is 0 Å². The zero-order chi connectivity index (χ0) is 15.4. The predicted molar refractivity (Wildman–Crippen MR) is 92.3 cm³/mol. The summed E-state index contributed by atoms with van der Waals surface area (Å²) in [5.41, 5.74) is 3.40. The lowest BCUT2D eigenvalue weighted by Crippen LogP contribution is -2.41. The molecule has 1 aromatic rings. The molecule has 0 aromatic heterocycles. The molecule has 0 N–H and O–H groups in total. The summed E-state index contributed by atoms with van der Waals surface area (Å²) in [7, 11) is -0.218. The van der Waals surface area contributed by atoms with E-state index < -0.39 is 0 Å². The highest BCUT2D eigenvalue weighted by molar-refractivity contribution is 6.61. The van der Waals surface area contributed by atoms with E-state index in [4.69, 9.17) is 9.31 Å². The van der Waals surface area contributed by atoms with Crippen LogP contribution in [0.1, 0.15) is 45.2 Å². The average Bonchev–Trinajstić information content (AvgIpc) is 3.08. The summed E-state index contributed by atoms with van der Waals surface area (Å²) in [6.45, 7) is 13.1. The van der Waals surface area contributed by atoms with Crippen LogP contribution >= 0.6 is 0 Å². The summed E-state index contributed by atoms with van der Waals surface area (Å²) in [6.07, 6.45) is 1.29. The van der Waals surface area contributed by atoms with Gasteiger partial charge in [-0.15, -0.1) is 0 Å². The van der Waals surface area contributed by atoms with Crippen LogP contribution in [0.2, 0.25) is 11.4 Å². The van der Waals surface area contributed by atoms with Gasteiger partial charge in [0.25, 0.3) is 0 Å². The Hall–Kier alpha value is -0.578. The van der Waals surface area contributed by atoms with Crippen LogP contribution in [-0.2, 0) is 9.31 Å². The van der Waals surface area contributed by atoms with Crippen molar-refractivity contribution in [3.05, 3.63) is 29.3 Å². The van der Waals surface area contributed by atoms with Gasteiger partial charge in [-0.05, 0) is 64.0 Å². The predicted octanol–water partition coefficient (Wildman–Crippen LogP) is 2.75. The lowest BCUT2D eigenvalue weighted by atomic mass is 9.82. The van der Waals surface area contributed by atoms with Crippen molar-refractivity contribution in [2.45, 2.75) is 70.5 Å². The third-order valence-corrected chi connectivity index (χ3v) is 8.47. The van der Waals surface area contributed by atoms with Crippen LogP contribution in [0.4, 0.5) is 0 Å². The van der Waals surface area contributed by atoms with Crippen LogP contribution in [0.25, 0.3) is 0 Å². The van der Waals surface area contributed by atoms with Gasteiger partial charge in [0.15, 0.2) is 0 Å². The molecule has 1 aromatic carbocycles. The normalized spacial score (nSPS) is 30.3. The van der Waals surface area contributed by atoms with Gasteiger partial charge in [0.05, 0.1) is 20.7 Å². The molecule has 2 atom stereocenters. The molecule has 1 saturated carbocycles. The summed E-state index contributed by atoms with van der Waals surface area (Å²) in [4.78, 5) is 0. The van der Waals surface area contributed by atoms with E-state index in [9.17, 15) is 0 Å². The standard InChI is InChI=1S/C17H27BO2Si/c1-11-8-7-9-14(12(11)2)21-15-10-13(15)18-19-16(3,4)17(5,6)20-18/h7-9,13,15H,10,21H2,1-6H3. The van der Waals surface area contributed by atoms with Crippen LogP contribution in [0.15, 0.2) is 18.2 Å². The minimum Gasteiger partial charge on any atom is -0.403 e. The second-order valence-corrected chi connectivity index (χ2v) is 10.1. The fourth-order valence-electron chi connectivity index (χ4n) is 3.22. The number of benzene rings is 1. The molecule has 2 aliphatic rings. The lowest BCUT2D eigenvalue weighted by Gasteiger charge is -2.32. The highest BCUT2D eigenvalue weighted by Gasteiger charge is 2.59. The Bertz CT molecular complexity index is 540. The first kappa shape index (κ1) is 15.3. The van der Waals surface area contributed by atoms with Crippen LogP contribution in [0.3, 0.4) is 0 Å². The molecular formula is C17H27BO2Si. The highest BCUT2D eigenvalue weighted by atomic mass is 28.2. The van der Waals surface area contributed by atoms with Gasteiger partial charge in [-0.3, -0.25) is 0 Å². The SMILES string of the molecule is Cc1cccc([SiH2]C2CC2B2OC(C)(C)C(C)(C)O2)c1C. The fraction of sp³-hybridized carbons (Fsp3) is 0.647. The van der Waals surface area contributed by atoms with E-state index in [2.05, 4.69) is 59.7 Å². The molecule has 21 heavy (non-hydrogen) atoms. The van der Waals surface area contributed by atoms with E-state index in [1.54, 1.807) is 5.19 Å². The Morgan fingerprint density at radius 1 is 1.10 bits per heavy atom. The molecule has 0 amide bonds. The summed E-state index contributed by atoms with van der Waals surface area (Å²) < 4.78 is 12.4. The van der Waals surface area contributed by atoms with Gasteiger partial charge in [0.2, 0.25) is 0 Å². The molecule has 1 aliphatic carbocycles. The first-order valence-electron chi connectivity index (χ1n) is 8.12. The zero-order valence-corrected chi connectivity index (χ0v) is 15.6. The second kappa shape index (κ2) is 4.97. The first-order valence-corrected chi connectivity index (χ1v) is 9.64. The molecular weight excluding hydrogens is 275 g/mol. The molecule has 2 unspecified atom stereocenters. The third kappa shape index (κ3) is 2.74. The van der Waals surface area contributed by atoms with Crippen molar-refractivity contribution in [2.24, 2.45) is 0 Å².